The summed E-state index contributed by atoms with van der Waals surface area (Å²) in [6, 6.07) is 0.273. The molecule has 0 amide bonds. The van der Waals surface area contributed by atoms with E-state index in [1.54, 1.807) is 0 Å². The predicted molar refractivity (Wildman–Crippen MR) is 43.0 cm³/mol. The SMILES string of the molecule is CCN=C(N)OC(C)(C)C. The van der Waals surface area contributed by atoms with Gasteiger partial charge in [-0.05, 0) is 27.7 Å². The first-order chi connectivity index (χ1) is 4.45. The molecule has 0 aliphatic rings. The Kier molecular flexibility index (Phi) is 3.19. The molecule has 2 N–H and O–H groups in total. The van der Waals surface area contributed by atoms with Crippen molar-refractivity contribution in [2.45, 2.75) is 33.3 Å². The average molecular weight is 144 g/mol. The molecule has 0 rings (SSSR count). The van der Waals surface area contributed by atoms with Gasteiger partial charge in [-0.3, -0.25) is 0 Å². The van der Waals surface area contributed by atoms with E-state index < -0.39 is 0 Å². The monoisotopic (exact) mass is 144 g/mol. The van der Waals surface area contributed by atoms with Crippen LogP contribution in [0.4, 0.5) is 0 Å². The van der Waals surface area contributed by atoms with Crippen molar-refractivity contribution in [3.05, 3.63) is 0 Å². The minimum atomic E-state index is -0.233. The van der Waals surface area contributed by atoms with Crippen LogP contribution in [0.2, 0.25) is 0 Å². The number of amidine groups is 1. The molecule has 0 aromatic carbocycles. The van der Waals surface area contributed by atoms with Crippen LogP contribution in [0.3, 0.4) is 0 Å². The largest absolute Gasteiger partial charge is 0.460 e. The fraction of sp³-hybridized carbons (Fsp3) is 0.857. The third-order valence-electron chi connectivity index (χ3n) is 0.725. The molecule has 60 valence electrons. The van der Waals surface area contributed by atoms with Gasteiger partial charge in [0.1, 0.15) is 5.60 Å². The molecule has 0 fully saturated rings. The number of nitrogens with zero attached hydrogens (tertiary/aromatic N) is 1. The number of hydrogen-bond donors (Lipinski definition) is 1. The minimum Gasteiger partial charge on any atom is -0.460 e. The van der Waals surface area contributed by atoms with E-state index in [1.165, 1.54) is 0 Å². The van der Waals surface area contributed by atoms with Crippen molar-refractivity contribution in [3.8, 4) is 0 Å². The molecule has 10 heavy (non-hydrogen) atoms. The quantitative estimate of drug-likeness (QED) is 0.443. The molecule has 3 heteroatoms. The molecule has 0 aromatic heterocycles. The fourth-order valence-electron chi connectivity index (χ4n) is 0.502. The molecule has 0 aliphatic heterocycles. The van der Waals surface area contributed by atoms with Crippen LogP contribution in [0.15, 0.2) is 4.99 Å². The van der Waals surface area contributed by atoms with Gasteiger partial charge in [-0.2, -0.15) is 0 Å². The molecular formula is C7H16N2O. The van der Waals surface area contributed by atoms with E-state index in [-0.39, 0.29) is 11.6 Å². The number of nitrogens with two attached hydrogens (primary N) is 1. The lowest BCUT2D eigenvalue weighted by Crippen LogP contribution is -2.29. The second kappa shape index (κ2) is 3.44. The molecule has 3 nitrogen and oxygen atoms in total. The van der Waals surface area contributed by atoms with Gasteiger partial charge in [-0.25, -0.2) is 4.99 Å². The first-order valence-electron chi connectivity index (χ1n) is 3.44. The van der Waals surface area contributed by atoms with Crippen molar-refractivity contribution in [3.63, 3.8) is 0 Å². The predicted octanol–water partition coefficient (Wildman–Crippen LogP) is 1.14. The van der Waals surface area contributed by atoms with E-state index in [0.717, 1.165) is 0 Å². The van der Waals surface area contributed by atoms with Gasteiger partial charge >= 0.3 is 0 Å². The summed E-state index contributed by atoms with van der Waals surface area (Å²) in [5, 5.41) is 0. The first-order valence-corrected chi connectivity index (χ1v) is 3.44. The van der Waals surface area contributed by atoms with Gasteiger partial charge in [-0.1, -0.05) is 0 Å². The van der Waals surface area contributed by atoms with E-state index >= 15 is 0 Å². The van der Waals surface area contributed by atoms with E-state index in [1.807, 2.05) is 27.7 Å². The van der Waals surface area contributed by atoms with Gasteiger partial charge in [0.25, 0.3) is 6.02 Å². The molecule has 0 heterocycles. The Morgan fingerprint density at radius 1 is 1.50 bits per heavy atom. The summed E-state index contributed by atoms with van der Waals surface area (Å²) in [5.74, 6) is 0. The Hall–Kier alpha value is -0.730. The van der Waals surface area contributed by atoms with Crippen LogP contribution in [-0.4, -0.2) is 18.2 Å². The Bertz CT molecular complexity index is 124. The van der Waals surface area contributed by atoms with Crippen LogP contribution in [0.1, 0.15) is 27.7 Å². The van der Waals surface area contributed by atoms with Crippen molar-refractivity contribution in [2.24, 2.45) is 10.7 Å². The van der Waals surface area contributed by atoms with Gasteiger partial charge < -0.3 is 10.5 Å². The van der Waals surface area contributed by atoms with Crippen LogP contribution >= 0.6 is 0 Å². The van der Waals surface area contributed by atoms with Crippen molar-refractivity contribution >= 4 is 6.02 Å². The third kappa shape index (κ3) is 5.41. The van der Waals surface area contributed by atoms with Gasteiger partial charge in [-0.15, -0.1) is 0 Å². The Balaban J connectivity index is 3.79. The van der Waals surface area contributed by atoms with Crippen molar-refractivity contribution < 1.29 is 4.74 Å². The minimum absolute atomic E-state index is 0.233. The summed E-state index contributed by atoms with van der Waals surface area (Å²) >= 11 is 0. The zero-order valence-corrected chi connectivity index (χ0v) is 7.14. The normalized spacial score (nSPS) is 13.4. The van der Waals surface area contributed by atoms with Crippen LogP contribution in [0.5, 0.6) is 0 Å². The van der Waals surface area contributed by atoms with Gasteiger partial charge in [0.15, 0.2) is 0 Å². The lowest BCUT2D eigenvalue weighted by molar-refractivity contribution is 0.113. The maximum atomic E-state index is 5.40. The number of rotatable bonds is 1. The molecular weight excluding hydrogens is 128 g/mol. The van der Waals surface area contributed by atoms with Crippen LogP contribution in [0, 0.1) is 0 Å². The third-order valence-corrected chi connectivity index (χ3v) is 0.725. The first kappa shape index (κ1) is 9.27. The molecule has 0 saturated heterocycles. The Morgan fingerprint density at radius 2 is 2.00 bits per heavy atom. The molecule has 0 aliphatic carbocycles. The maximum Gasteiger partial charge on any atom is 0.282 e. The van der Waals surface area contributed by atoms with Crippen molar-refractivity contribution in [1.29, 1.82) is 0 Å². The highest BCUT2D eigenvalue weighted by Gasteiger charge is 2.11. The summed E-state index contributed by atoms with van der Waals surface area (Å²) in [6.07, 6.45) is 0. The van der Waals surface area contributed by atoms with Gasteiger partial charge in [0, 0.05) is 6.54 Å². The van der Waals surface area contributed by atoms with Gasteiger partial charge in [0.2, 0.25) is 0 Å². The topological polar surface area (TPSA) is 47.6 Å². The number of aliphatic imine (C=N–C) groups is 1. The number of ether oxygens (including phenoxy) is 1. The maximum absolute atomic E-state index is 5.40. The Labute approximate surface area is 62.3 Å². The molecule has 0 spiro atoms. The highest BCUT2D eigenvalue weighted by atomic mass is 16.5. The molecule has 0 bridgehead atoms. The number of hydrogen-bond acceptors (Lipinski definition) is 2. The summed E-state index contributed by atoms with van der Waals surface area (Å²) in [5.41, 5.74) is 5.16. The summed E-state index contributed by atoms with van der Waals surface area (Å²) < 4.78 is 5.21. The second-order valence-corrected chi connectivity index (χ2v) is 3.03. The summed E-state index contributed by atoms with van der Waals surface area (Å²) in [6.45, 7) is 8.39. The molecule has 0 radical (unpaired) electrons. The average Bonchev–Trinajstić information content (AvgIpc) is 1.59. The molecule has 0 saturated carbocycles. The fourth-order valence-corrected chi connectivity index (χ4v) is 0.502. The lowest BCUT2D eigenvalue weighted by Gasteiger charge is -2.19. The van der Waals surface area contributed by atoms with Crippen LogP contribution in [0.25, 0.3) is 0 Å². The smallest absolute Gasteiger partial charge is 0.282 e. The zero-order valence-electron chi connectivity index (χ0n) is 7.14. The summed E-state index contributed by atoms with van der Waals surface area (Å²) in [7, 11) is 0. The van der Waals surface area contributed by atoms with E-state index in [9.17, 15) is 0 Å². The van der Waals surface area contributed by atoms with E-state index in [2.05, 4.69) is 4.99 Å². The van der Waals surface area contributed by atoms with Crippen molar-refractivity contribution in [1.82, 2.24) is 0 Å². The zero-order chi connectivity index (χ0) is 8.20. The van der Waals surface area contributed by atoms with E-state index in [0.29, 0.717) is 6.54 Å². The molecule has 0 atom stereocenters. The highest BCUT2D eigenvalue weighted by molar-refractivity contribution is 5.71. The van der Waals surface area contributed by atoms with E-state index in [4.69, 9.17) is 10.5 Å². The Morgan fingerprint density at radius 3 is 2.30 bits per heavy atom. The summed E-state index contributed by atoms with van der Waals surface area (Å²) in [4.78, 5) is 3.88. The van der Waals surface area contributed by atoms with Crippen LogP contribution < -0.4 is 5.73 Å². The standard InChI is InChI=1S/C7H16N2O/c1-5-9-6(8)10-7(2,3)4/h5H2,1-4H3,(H2,8,9). The molecule has 0 aromatic rings. The molecule has 0 unspecified atom stereocenters. The van der Waals surface area contributed by atoms with Crippen molar-refractivity contribution in [2.75, 3.05) is 6.54 Å². The van der Waals surface area contributed by atoms with Crippen LogP contribution in [-0.2, 0) is 4.74 Å². The second-order valence-electron chi connectivity index (χ2n) is 3.03. The lowest BCUT2D eigenvalue weighted by atomic mass is 10.2. The highest BCUT2D eigenvalue weighted by Crippen LogP contribution is 2.05. The van der Waals surface area contributed by atoms with Gasteiger partial charge in [0.05, 0.1) is 0 Å².